The van der Waals surface area contributed by atoms with Crippen LogP contribution in [0.5, 0.6) is 0 Å². The zero-order valence-corrected chi connectivity index (χ0v) is 13.2. The zero-order valence-electron chi connectivity index (χ0n) is 12.4. The van der Waals surface area contributed by atoms with Gasteiger partial charge >= 0.3 is 0 Å². The second-order valence-electron chi connectivity index (χ2n) is 4.72. The Morgan fingerprint density at radius 3 is 2.86 bits per heavy atom. The summed E-state index contributed by atoms with van der Waals surface area (Å²) in [5.74, 6) is 0.525. The number of hydrogen-bond acceptors (Lipinski definition) is 5. The van der Waals surface area contributed by atoms with Crippen molar-refractivity contribution in [1.29, 1.82) is 0 Å². The van der Waals surface area contributed by atoms with E-state index >= 15 is 0 Å². The Hall–Kier alpha value is -1.80. The van der Waals surface area contributed by atoms with Crippen molar-refractivity contribution in [3.63, 3.8) is 0 Å². The van der Waals surface area contributed by atoms with Crippen LogP contribution in [0.3, 0.4) is 0 Å². The summed E-state index contributed by atoms with van der Waals surface area (Å²) in [6, 6.07) is 1.74. The van der Waals surface area contributed by atoms with Gasteiger partial charge in [-0.1, -0.05) is 6.92 Å². The predicted octanol–water partition coefficient (Wildman–Crippen LogP) is 1.53. The molecule has 21 heavy (non-hydrogen) atoms. The van der Waals surface area contributed by atoms with E-state index in [2.05, 4.69) is 15.3 Å². The normalized spacial score (nSPS) is 11.0. The lowest BCUT2D eigenvalue weighted by Crippen LogP contribution is -2.26. The zero-order chi connectivity index (χ0) is 15.4. The third-order valence-corrected chi connectivity index (χ3v) is 3.36. The highest BCUT2D eigenvalue weighted by molar-refractivity contribution is 7.71. The maximum absolute atomic E-state index is 12.5. The number of methoxy groups -OCH3 is 1. The molecule has 0 bridgehead atoms. The molecule has 1 N–H and O–H groups in total. The summed E-state index contributed by atoms with van der Waals surface area (Å²) in [5, 5.41) is 11.2. The summed E-state index contributed by atoms with van der Waals surface area (Å²) >= 11 is 5.21. The maximum atomic E-state index is 12.5. The molecular formula is C13H19N5O2S. The van der Waals surface area contributed by atoms with Crippen LogP contribution < -0.4 is 5.56 Å². The molecule has 0 aromatic carbocycles. The van der Waals surface area contributed by atoms with Crippen molar-refractivity contribution in [1.82, 2.24) is 24.5 Å². The van der Waals surface area contributed by atoms with Crippen LogP contribution in [0.4, 0.5) is 0 Å². The third kappa shape index (κ3) is 3.27. The Bertz CT molecular complexity index is 731. The Balaban J connectivity index is 2.57. The lowest BCUT2D eigenvalue weighted by molar-refractivity contribution is 0.187. The van der Waals surface area contributed by atoms with Gasteiger partial charge < -0.3 is 4.74 Å². The number of nitrogens with one attached hydrogen (secondary N) is 1. The quantitative estimate of drug-likeness (QED) is 0.819. The molecule has 2 heterocycles. The highest BCUT2D eigenvalue weighted by Gasteiger charge is 2.15. The monoisotopic (exact) mass is 309 g/mol. The SMILES string of the molecule is CCCn1nc(C)cc(-c2n[nH]c(=S)n2CCOC)c1=O. The fraction of sp³-hybridized carbons (Fsp3) is 0.538. The first kappa shape index (κ1) is 15.6. The van der Waals surface area contributed by atoms with Gasteiger partial charge in [-0.25, -0.2) is 4.68 Å². The van der Waals surface area contributed by atoms with Gasteiger partial charge in [0.25, 0.3) is 5.56 Å². The lowest BCUT2D eigenvalue weighted by atomic mass is 10.2. The molecular weight excluding hydrogens is 290 g/mol. The van der Waals surface area contributed by atoms with Gasteiger partial charge in [0.1, 0.15) is 0 Å². The van der Waals surface area contributed by atoms with Crippen molar-refractivity contribution in [2.45, 2.75) is 33.4 Å². The summed E-state index contributed by atoms with van der Waals surface area (Å²) in [7, 11) is 1.62. The summed E-state index contributed by atoms with van der Waals surface area (Å²) in [6.45, 7) is 5.47. The molecule has 0 saturated heterocycles. The summed E-state index contributed by atoms with van der Waals surface area (Å²) in [5.41, 5.74) is 1.11. The van der Waals surface area contributed by atoms with Crippen LogP contribution in [0.2, 0.25) is 0 Å². The van der Waals surface area contributed by atoms with Gasteiger partial charge in [0.15, 0.2) is 10.6 Å². The molecule has 0 unspecified atom stereocenters. The molecule has 0 spiro atoms. The number of nitrogens with zero attached hydrogens (tertiary/aromatic N) is 4. The molecule has 7 nitrogen and oxygen atoms in total. The van der Waals surface area contributed by atoms with Gasteiger partial charge in [0.2, 0.25) is 0 Å². The predicted molar refractivity (Wildman–Crippen MR) is 81.8 cm³/mol. The average molecular weight is 309 g/mol. The van der Waals surface area contributed by atoms with Gasteiger partial charge in [0.05, 0.1) is 24.4 Å². The van der Waals surface area contributed by atoms with E-state index in [-0.39, 0.29) is 5.56 Å². The summed E-state index contributed by atoms with van der Waals surface area (Å²) < 4.78 is 8.79. The van der Waals surface area contributed by atoms with E-state index in [1.54, 1.807) is 17.7 Å². The molecule has 0 aliphatic rings. The molecule has 0 atom stereocenters. The smallest absolute Gasteiger partial charge is 0.277 e. The van der Waals surface area contributed by atoms with Gasteiger partial charge in [-0.3, -0.25) is 14.5 Å². The van der Waals surface area contributed by atoms with Gasteiger partial charge in [0, 0.05) is 13.7 Å². The van der Waals surface area contributed by atoms with E-state index in [4.69, 9.17) is 17.0 Å². The minimum atomic E-state index is -0.157. The fourth-order valence-corrected chi connectivity index (χ4v) is 2.33. The average Bonchev–Trinajstić information content (AvgIpc) is 2.81. The van der Waals surface area contributed by atoms with E-state index < -0.39 is 0 Å². The van der Waals surface area contributed by atoms with Crippen molar-refractivity contribution < 1.29 is 4.74 Å². The first-order valence-electron chi connectivity index (χ1n) is 6.81. The maximum Gasteiger partial charge on any atom is 0.277 e. The molecule has 8 heteroatoms. The molecule has 2 aromatic rings. The van der Waals surface area contributed by atoms with Crippen LogP contribution >= 0.6 is 12.2 Å². The Labute approximate surface area is 127 Å². The topological polar surface area (TPSA) is 77.7 Å². The van der Waals surface area contributed by atoms with Crippen LogP contribution in [-0.2, 0) is 17.8 Å². The third-order valence-electron chi connectivity index (χ3n) is 3.05. The number of hydrogen-bond donors (Lipinski definition) is 1. The highest BCUT2D eigenvalue weighted by Crippen LogP contribution is 2.14. The van der Waals surface area contributed by atoms with E-state index in [1.165, 1.54) is 4.68 Å². The van der Waals surface area contributed by atoms with Gasteiger partial charge in [-0.15, -0.1) is 0 Å². The number of H-pyrrole nitrogens is 1. The second-order valence-corrected chi connectivity index (χ2v) is 5.11. The second kappa shape index (κ2) is 6.77. The molecule has 2 rings (SSSR count). The molecule has 0 amide bonds. The molecule has 0 aliphatic heterocycles. The minimum absolute atomic E-state index is 0.157. The Kier molecular flexibility index (Phi) is 5.03. The number of ether oxygens (including phenoxy) is 1. The molecule has 0 fully saturated rings. The molecule has 0 radical (unpaired) electrons. The van der Waals surface area contributed by atoms with Crippen molar-refractivity contribution in [2.24, 2.45) is 0 Å². The van der Waals surface area contributed by atoms with Crippen LogP contribution in [0.15, 0.2) is 10.9 Å². The summed E-state index contributed by atoms with van der Waals surface area (Å²) in [4.78, 5) is 12.5. The number of aromatic nitrogens is 5. The molecule has 114 valence electrons. The van der Waals surface area contributed by atoms with Crippen molar-refractivity contribution in [2.75, 3.05) is 13.7 Å². The minimum Gasteiger partial charge on any atom is -0.383 e. The molecule has 0 aliphatic carbocycles. The standard InChI is InChI=1S/C13H19N5O2S/c1-4-5-18-12(19)10(8-9(2)16-18)11-14-15-13(21)17(11)6-7-20-3/h8H,4-7H2,1-3H3,(H,15,21). The van der Waals surface area contributed by atoms with E-state index in [1.807, 2.05) is 13.8 Å². The van der Waals surface area contributed by atoms with Gasteiger partial charge in [-0.05, 0) is 31.6 Å². The van der Waals surface area contributed by atoms with Gasteiger partial charge in [-0.2, -0.15) is 10.2 Å². The molecule has 0 saturated carbocycles. The first-order chi connectivity index (χ1) is 10.1. The largest absolute Gasteiger partial charge is 0.383 e. The molecule has 2 aromatic heterocycles. The Morgan fingerprint density at radius 1 is 1.43 bits per heavy atom. The van der Waals surface area contributed by atoms with Crippen molar-refractivity contribution >= 4 is 12.2 Å². The van der Waals surface area contributed by atoms with Crippen molar-refractivity contribution in [3.05, 3.63) is 26.9 Å². The van der Waals surface area contributed by atoms with Crippen LogP contribution in [0.25, 0.3) is 11.4 Å². The Morgan fingerprint density at radius 2 is 2.19 bits per heavy atom. The number of aryl methyl sites for hydroxylation is 2. The van der Waals surface area contributed by atoms with E-state index in [0.29, 0.717) is 35.9 Å². The van der Waals surface area contributed by atoms with E-state index in [9.17, 15) is 4.79 Å². The van der Waals surface area contributed by atoms with E-state index in [0.717, 1.165) is 12.1 Å². The van der Waals surface area contributed by atoms with Crippen LogP contribution in [0.1, 0.15) is 19.0 Å². The number of aromatic amines is 1. The number of rotatable bonds is 6. The van der Waals surface area contributed by atoms with Crippen LogP contribution in [-0.4, -0.2) is 38.3 Å². The first-order valence-corrected chi connectivity index (χ1v) is 7.22. The summed E-state index contributed by atoms with van der Waals surface area (Å²) in [6.07, 6.45) is 0.840. The van der Waals surface area contributed by atoms with Crippen LogP contribution in [0, 0.1) is 11.7 Å². The van der Waals surface area contributed by atoms with Crippen molar-refractivity contribution in [3.8, 4) is 11.4 Å². The highest BCUT2D eigenvalue weighted by atomic mass is 32.1. The lowest BCUT2D eigenvalue weighted by Gasteiger charge is -2.09. The fourth-order valence-electron chi connectivity index (χ4n) is 2.11.